The third-order valence-corrected chi connectivity index (χ3v) is 10.4. The molecule has 0 atom stereocenters. The molecule has 7 aromatic carbocycles. The van der Waals surface area contributed by atoms with Gasteiger partial charge in [-0.1, -0.05) is 153 Å². The molecule has 9 rings (SSSR count). The average Bonchev–Trinajstić information content (AvgIpc) is 3.32. The topological polar surface area (TPSA) is 0 Å². The van der Waals surface area contributed by atoms with Crippen LogP contribution in [0.15, 0.2) is 163 Å². The van der Waals surface area contributed by atoms with Gasteiger partial charge in [0.15, 0.2) is 0 Å². The van der Waals surface area contributed by atoms with Crippen molar-refractivity contribution < 1.29 is 0 Å². The van der Waals surface area contributed by atoms with E-state index in [1.807, 2.05) is 0 Å². The van der Waals surface area contributed by atoms with Crippen LogP contribution in [0, 0.1) is 0 Å². The smallest absolute Gasteiger partial charge is 0.00264 e. The van der Waals surface area contributed by atoms with Gasteiger partial charge in [0.25, 0.3) is 0 Å². The molecule has 0 heteroatoms. The van der Waals surface area contributed by atoms with Gasteiger partial charge in [0.2, 0.25) is 0 Å². The summed E-state index contributed by atoms with van der Waals surface area (Å²) in [5.41, 5.74) is 13.4. The molecule has 0 heterocycles. The summed E-state index contributed by atoms with van der Waals surface area (Å²) in [7, 11) is 0. The van der Waals surface area contributed by atoms with E-state index in [1.165, 1.54) is 88.0 Å². The number of rotatable bonds is 3. The van der Waals surface area contributed by atoms with Crippen LogP contribution in [-0.4, -0.2) is 0 Å². The molecule has 0 unspecified atom stereocenters. The highest BCUT2D eigenvalue weighted by Crippen LogP contribution is 2.49. The van der Waals surface area contributed by atoms with Gasteiger partial charge in [-0.05, 0) is 124 Å². The number of hydrogen-bond acceptors (Lipinski definition) is 0. The van der Waals surface area contributed by atoms with Crippen LogP contribution >= 0.6 is 0 Å². The van der Waals surface area contributed by atoms with E-state index in [4.69, 9.17) is 0 Å². The molecular formula is C47H36. The summed E-state index contributed by atoms with van der Waals surface area (Å²) < 4.78 is 0. The van der Waals surface area contributed by atoms with Gasteiger partial charge in [0.05, 0.1) is 0 Å². The Morgan fingerprint density at radius 1 is 0.489 bits per heavy atom. The first-order chi connectivity index (χ1) is 23.0. The van der Waals surface area contributed by atoms with E-state index in [0.29, 0.717) is 0 Å². The number of allylic oxidation sites excluding steroid dienone is 6. The van der Waals surface area contributed by atoms with Crippen LogP contribution < -0.4 is 0 Å². The van der Waals surface area contributed by atoms with Crippen molar-refractivity contribution in [3.8, 4) is 22.3 Å². The van der Waals surface area contributed by atoms with Crippen molar-refractivity contribution in [2.45, 2.75) is 32.1 Å². The summed E-state index contributed by atoms with van der Waals surface area (Å²) >= 11 is 0. The molecule has 0 fully saturated rings. The summed E-state index contributed by atoms with van der Waals surface area (Å²) in [6.45, 7) is 4.80. The van der Waals surface area contributed by atoms with Crippen molar-refractivity contribution >= 4 is 43.5 Å². The lowest BCUT2D eigenvalue weighted by molar-refractivity contribution is 0.516. The Morgan fingerprint density at radius 3 is 1.62 bits per heavy atom. The highest BCUT2D eigenvalue weighted by Gasteiger charge is 2.33. The van der Waals surface area contributed by atoms with E-state index in [9.17, 15) is 0 Å². The number of benzene rings is 7. The second kappa shape index (κ2) is 10.8. The molecule has 2 aliphatic rings. The van der Waals surface area contributed by atoms with Gasteiger partial charge in [-0.2, -0.15) is 0 Å². The monoisotopic (exact) mass is 600 g/mol. The first-order valence-electron chi connectivity index (χ1n) is 16.8. The zero-order chi connectivity index (χ0) is 31.5. The Balaban J connectivity index is 1.17. The average molecular weight is 601 g/mol. The highest BCUT2D eigenvalue weighted by atomic mass is 14.4. The molecule has 0 nitrogen and oxygen atoms in total. The number of hydrogen-bond donors (Lipinski definition) is 0. The summed E-state index contributed by atoms with van der Waals surface area (Å²) in [6.07, 6.45) is 9.32. The lowest BCUT2D eigenvalue weighted by atomic mass is 9.68. The molecular weight excluding hydrogens is 565 g/mol. The van der Waals surface area contributed by atoms with E-state index in [-0.39, 0.29) is 5.41 Å². The van der Waals surface area contributed by atoms with Gasteiger partial charge < -0.3 is 0 Å². The van der Waals surface area contributed by atoms with Crippen molar-refractivity contribution in [2.75, 3.05) is 0 Å². The quantitative estimate of drug-likeness (QED) is 0.177. The Labute approximate surface area is 277 Å². The van der Waals surface area contributed by atoms with Crippen LogP contribution in [-0.2, 0) is 5.41 Å². The molecule has 0 aliphatic heterocycles. The van der Waals surface area contributed by atoms with Gasteiger partial charge >= 0.3 is 0 Å². The largest absolute Gasteiger partial charge is 0.0768 e. The predicted molar refractivity (Wildman–Crippen MR) is 203 cm³/mol. The third kappa shape index (κ3) is 4.59. The van der Waals surface area contributed by atoms with Crippen molar-refractivity contribution in [2.24, 2.45) is 0 Å². The normalized spacial score (nSPS) is 15.4. The fourth-order valence-electron chi connectivity index (χ4n) is 8.14. The first-order valence-corrected chi connectivity index (χ1v) is 16.8. The first kappa shape index (κ1) is 27.8. The van der Waals surface area contributed by atoms with Crippen LogP contribution in [0.25, 0.3) is 65.7 Å². The van der Waals surface area contributed by atoms with Gasteiger partial charge in [0.1, 0.15) is 0 Å². The van der Waals surface area contributed by atoms with Gasteiger partial charge in [-0.3, -0.25) is 0 Å². The molecule has 0 saturated carbocycles. The Morgan fingerprint density at radius 2 is 1.00 bits per heavy atom. The lowest BCUT2D eigenvalue weighted by Gasteiger charge is -2.36. The summed E-state index contributed by atoms with van der Waals surface area (Å²) in [4.78, 5) is 0. The molecule has 0 bridgehead atoms. The summed E-state index contributed by atoms with van der Waals surface area (Å²) in [5, 5.41) is 7.79. The molecule has 0 saturated heterocycles. The molecule has 0 radical (unpaired) electrons. The van der Waals surface area contributed by atoms with Crippen LogP contribution in [0.3, 0.4) is 0 Å². The van der Waals surface area contributed by atoms with Gasteiger partial charge in [-0.15, -0.1) is 0 Å². The minimum absolute atomic E-state index is 0.0935. The molecule has 7 aromatic rings. The SMILES string of the molecule is CC1(C)CC2=CCC=C(c3ccc(-c4c5ccccc5c(-c5ccccc5)c5ccccc45)cc3)C=C2c2cc3ccccc3cc21. The third-order valence-electron chi connectivity index (χ3n) is 10.4. The van der Waals surface area contributed by atoms with Crippen LogP contribution in [0.4, 0.5) is 0 Å². The Bertz CT molecular complexity index is 2390. The van der Waals surface area contributed by atoms with E-state index in [2.05, 4.69) is 172 Å². The van der Waals surface area contributed by atoms with E-state index >= 15 is 0 Å². The molecule has 224 valence electrons. The van der Waals surface area contributed by atoms with Crippen molar-refractivity contribution in [3.63, 3.8) is 0 Å². The fraction of sp³-hybridized carbons (Fsp3) is 0.106. The molecule has 0 amide bonds. The zero-order valence-electron chi connectivity index (χ0n) is 26.9. The molecule has 0 N–H and O–H groups in total. The van der Waals surface area contributed by atoms with Gasteiger partial charge in [0, 0.05) is 0 Å². The molecule has 47 heavy (non-hydrogen) atoms. The number of fused-ring (bicyclic) bond motifs is 6. The van der Waals surface area contributed by atoms with E-state index in [0.717, 1.165) is 12.8 Å². The highest BCUT2D eigenvalue weighted by molar-refractivity contribution is 6.21. The maximum Gasteiger partial charge on any atom is -0.00264 e. The lowest BCUT2D eigenvalue weighted by Crippen LogP contribution is -2.25. The minimum atomic E-state index is 0.0935. The van der Waals surface area contributed by atoms with Crippen LogP contribution in [0.5, 0.6) is 0 Å². The van der Waals surface area contributed by atoms with Crippen molar-refractivity contribution in [3.05, 3.63) is 180 Å². The molecule has 2 aliphatic carbocycles. The zero-order valence-corrected chi connectivity index (χ0v) is 26.9. The van der Waals surface area contributed by atoms with Crippen molar-refractivity contribution in [1.29, 1.82) is 0 Å². The van der Waals surface area contributed by atoms with E-state index < -0.39 is 0 Å². The van der Waals surface area contributed by atoms with Gasteiger partial charge in [-0.25, -0.2) is 0 Å². The minimum Gasteiger partial charge on any atom is -0.0768 e. The maximum atomic E-state index is 2.46. The second-order valence-electron chi connectivity index (χ2n) is 13.8. The molecule has 0 aromatic heterocycles. The summed E-state index contributed by atoms with van der Waals surface area (Å²) in [6, 6.07) is 51.6. The van der Waals surface area contributed by atoms with Crippen molar-refractivity contribution in [1.82, 2.24) is 0 Å². The van der Waals surface area contributed by atoms with Crippen LogP contribution in [0.2, 0.25) is 0 Å². The summed E-state index contributed by atoms with van der Waals surface area (Å²) in [5.74, 6) is 0. The fourth-order valence-corrected chi connectivity index (χ4v) is 8.14. The predicted octanol–water partition coefficient (Wildman–Crippen LogP) is 13.0. The Hall–Kier alpha value is -5.46. The molecule has 0 spiro atoms. The van der Waals surface area contributed by atoms with Crippen LogP contribution in [0.1, 0.15) is 43.4 Å². The van der Waals surface area contributed by atoms with E-state index in [1.54, 1.807) is 0 Å². The maximum absolute atomic E-state index is 2.46. The Kier molecular flexibility index (Phi) is 6.40. The standard InChI is InChI=1S/C47H36/c1-47(2)30-37-18-12-17-34(27-42(37)43-28-35-15-6-7-16-36(35)29-44(43)47)31-23-25-33(26-24-31)46-40-21-10-8-19-38(40)45(32-13-4-3-5-14-32)39-20-9-11-22-41(39)46/h3-11,13-29H,12,30H2,1-2H3. The second-order valence-corrected chi connectivity index (χ2v) is 13.8.